The van der Waals surface area contributed by atoms with Crippen LogP contribution in [0.2, 0.25) is 0 Å². The molecule has 1 aromatic carbocycles. The van der Waals surface area contributed by atoms with Gasteiger partial charge in [-0.05, 0) is 18.1 Å². The first-order valence-corrected chi connectivity index (χ1v) is 5.79. The lowest BCUT2D eigenvalue weighted by atomic mass is 9.74. The molecule has 0 radical (unpaired) electrons. The number of nitrogens with zero attached hydrogens (tertiary/aromatic N) is 1. The first-order chi connectivity index (χ1) is 7.65. The van der Waals surface area contributed by atoms with Gasteiger partial charge >= 0.3 is 0 Å². The Balaban J connectivity index is 2.44. The zero-order valence-corrected chi connectivity index (χ0v) is 9.66. The molecule has 0 saturated carbocycles. The van der Waals surface area contributed by atoms with Crippen LogP contribution in [-0.2, 0) is 5.41 Å². The fourth-order valence-corrected chi connectivity index (χ4v) is 2.72. The molecule has 2 nitrogen and oxygen atoms in total. The highest BCUT2D eigenvalue weighted by Crippen LogP contribution is 2.40. The van der Waals surface area contributed by atoms with Crippen LogP contribution in [0.5, 0.6) is 0 Å². The molecule has 3 rings (SSSR count). The average Bonchev–Trinajstić information content (AvgIpc) is 2.71. The van der Waals surface area contributed by atoms with E-state index in [1.807, 2.05) is 16.8 Å². The molecule has 0 bridgehead atoms. The van der Waals surface area contributed by atoms with Crippen LogP contribution in [0.25, 0.3) is 10.9 Å². The number of para-hydroxylation sites is 1. The molecule has 0 aliphatic carbocycles. The number of rotatable bonds is 1. The van der Waals surface area contributed by atoms with Crippen LogP contribution in [0.1, 0.15) is 37.0 Å². The minimum Gasteiger partial charge on any atom is -0.287 e. The van der Waals surface area contributed by atoms with Gasteiger partial charge in [0.25, 0.3) is 0 Å². The molecule has 16 heavy (non-hydrogen) atoms. The number of carbonyl (C=O) groups excluding carboxylic acids is 1. The van der Waals surface area contributed by atoms with Gasteiger partial charge in [0.1, 0.15) is 0 Å². The van der Waals surface area contributed by atoms with Crippen molar-refractivity contribution in [2.24, 2.45) is 0 Å². The smallest absolute Gasteiger partial charge is 0.231 e. The summed E-state index contributed by atoms with van der Waals surface area (Å²) in [5.74, 6) is 0.220. The third kappa shape index (κ3) is 1.04. The summed E-state index contributed by atoms with van der Waals surface area (Å²) in [6.07, 6.45) is 3.51. The van der Waals surface area contributed by atoms with Gasteiger partial charge in [0.2, 0.25) is 5.91 Å². The summed E-state index contributed by atoms with van der Waals surface area (Å²) in [5, 5.41) is 1.17. The average molecular weight is 213 g/mol. The van der Waals surface area contributed by atoms with E-state index in [2.05, 4.69) is 32.0 Å². The van der Waals surface area contributed by atoms with Crippen molar-refractivity contribution in [3.63, 3.8) is 0 Å². The van der Waals surface area contributed by atoms with E-state index >= 15 is 0 Å². The van der Waals surface area contributed by atoms with Gasteiger partial charge in [0.15, 0.2) is 0 Å². The molecular formula is C14H15NO. The van der Waals surface area contributed by atoms with Gasteiger partial charge in [-0.1, -0.05) is 32.0 Å². The lowest BCUT2D eigenvalue weighted by molar-refractivity contribution is 0.0865. The van der Waals surface area contributed by atoms with E-state index in [-0.39, 0.29) is 11.3 Å². The first-order valence-electron chi connectivity index (χ1n) is 5.79. The van der Waals surface area contributed by atoms with Crippen LogP contribution in [0.3, 0.4) is 0 Å². The molecule has 1 atom stereocenters. The Bertz CT molecular complexity index is 581. The molecule has 2 heteroatoms. The molecular weight excluding hydrogens is 198 g/mol. The summed E-state index contributed by atoms with van der Waals surface area (Å²) in [6, 6.07) is 8.35. The van der Waals surface area contributed by atoms with Gasteiger partial charge < -0.3 is 0 Å². The third-order valence-electron chi connectivity index (χ3n) is 3.95. The quantitative estimate of drug-likeness (QED) is 0.712. The van der Waals surface area contributed by atoms with E-state index in [1.54, 1.807) is 0 Å². The summed E-state index contributed by atoms with van der Waals surface area (Å²) in [4.78, 5) is 12.1. The van der Waals surface area contributed by atoms with E-state index in [4.69, 9.17) is 0 Å². The largest absolute Gasteiger partial charge is 0.287 e. The fraction of sp³-hybridized carbons (Fsp3) is 0.357. The molecule has 0 saturated heterocycles. The fourth-order valence-electron chi connectivity index (χ4n) is 2.72. The summed E-state index contributed by atoms with van der Waals surface area (Å²) >= 11 is 0. The molecule has 0 N–H and O–H groups in total. The van der Waals surface area contributed by atoms with E-state index in [0.717, 1.165) is 11.9 Å². The van der Waals surface area contributed by atoms with Crippen molar-refractivity contribution < 1.29 is 4.79 Å². The van der Waals surface area contributed by atoms with Gasteiger partial charge in [0, 0.05) is 23.4 Å². The molecule has 0 spiro atoms. The van der Waals surface area contributed by atoms with Crippen LogP contribution in [-0.4, -0.2) is 10.5 Å². The molecule has 2 heterocycles. The lowest BCUT2D eigenvalue weighted by Gasteiger charge is -2.33. The van der Waals surface area contributed by atoms with E-state index in [0.29, 0.717) is 6.42 Å². The van der Waals surface area contributed by atoms with Gasteiger partial charge in [-0.3, -0.25) is 9.36 Å². The normalized spacial score (nSPS) is 24.0. The zero-order valence-electron chi connectivity index (χ0n) is 9.66. The number of aromatic nitrogens is 1. The van der Waals surface area contributed by atoms with Crippen molar-refractivity contribution >= 4 is 16.8 Å². The zero-order chi connectivity index (χ0) is 11.3. The minimum atomic E-state index is 0.00491. The van der Waals surface area contributed by atoms with Gasteiger partial charge in [-0.15, -0.1) is 0 Å². The standard InChI is InChI=1S/C14H15NO/c1-3-14(2)9-12(16)15-8-7-10-5-4-6-11(14)13(10)15/h4-8H,3,9H2,1-2H3. The highest BCUT2D eigenvalue weighted by Gasteiger charge is 2.35. The predicted molar refractivity (Wildman–Crippen MR) is 64.8 cm³/mol. The van der Waals surface area contributed by atoms with E-state index < -0.39 is 0 Å². The predicted octanol–water partition coefficient (Wildman–Crippen LogP) is 3.35. The van der Waals surface area contributed by atoms with Crippen LogP contribution >= 0.6 is 0 Å². The molecule has 1 aliphatic heterocycles. The second kappa shape index (κ2) is 2.97. The van der Waals surface area contributed by atoms with Crippen molar-refractivity contribution in [3.05, 3.63) is 36.0 Å². The van der Waals surface area contributed by atoms with Gasteiger partial charge in [-0.25, -0.2) is 0 Å². The third-order valence-corrected chi connectivity index (χ3v) is 3.95. The van der Waals surface area contributed by atoms with Gasteiger partial charge in [0.05, 0.1) is 5.52 Å². The summed E-state index contributed by atoms with van der Waals surface area (Å²) in [5.41, 5.74) is 2.44. The Morgan fingerprint density at radius 1 is 1.38 bits per heavy atom. The van der Waals surface area contributed by atoms with Crippen molar-refractivity contribution in [2.75, 3.05) is 0 Å². The number of carbonyl (C=O) groups is 1. The molecule has 1 unspecified atom stereocenters. The Hall–Kier alpha value is -1.57. The van der Waals surface area contributed by atoms with Crippen molar-refractivity contribution in [1.29, 1.82) is 0 Å². The maximum absolute atomic E-state index is 12.1. The minimum absolute atomic E-state index is 0.00491. The number of benzene rings is 1. The van der Waals surface area contributed by atoms with Crippen molar-refractivity contribution in [2.45, 2.75) is 32.1 Å². The van der Waals surface area contributed by atoms with Crippen molar-refractivity contribution in [3.8, 4) is 0 Å². The molecule has 2 aromatic rings. The molecule has 1 aliphatic rings. The number of hydrogen-bond donors (Lipinski definition) is 0. The Morgan fingerprint density at radius 2 is 2.19 bits per heavy atom. The highest BCUT2D eigenvalue weighted by atomic mass is 16.2. The Kier molecular flexibility index (Phi) is 1.79. The summed E-state index contributed by atoms with van der Waals surface area (Å²) < 4.78 is 1.81. The number of hydrogen-bond acceptors (Lipinski definition) is 1. The van der Waals surface area contributed by atoms with E-state index in [9.17, 15) is 4.79 Å². The summed E-state index contributed by atoms with van der Waals surface area (Å²) in [7, 11) is 0. The summed E-state index contributed by atoms with van der Waals surface area (Å²) in [6.45, 7) is 4.35. The van der Waals surface area contributed by atoms with Crippen molar-refractivity contribution in [1.82, 2.24) is 4.57 Å². The second-order valence-electron chi connectivity index (χ2n) is 4.91. The molecule has 82 valence electrons. The molecule has 0 amide bonds. The maximum Gasteiger partial charge on any atom is 0.231 e. The maximum atomic E-state index is 12.1. The Labute approximate surface area is 94.9 Å². The SMILES string of the molecule is CCC1(C)CC(=O)n2ccc3cccc1c32. The highest BCUT2D eigenvalue weighted by molar-refractivity contribution is 5.98. The van der Waals surface area contributed by atoms with E-state index in [1.165, 1.54) is 10.9 Å². The second-order valence-corrected chi connectivity index (χ2v) is 4.91. The monoisotopic (exact) mass is 213 g/mol. The molecule has 1 aromatic heterocycles. The Morgan fingerprint density at radius 3 is 2.94 bits per heavy atom. The first kappa shape index (κ1) is 9.64. The van der Waals surface area contributed by atoms with Gasteiger partial charge in [-0.2, -0.15) is 0 Å². The molecule has 0 fully saturated rings. The van der Waals surface area contributed by atoms with Crippen LogP contribution in [0.4, 0.5) is 0 Å². The van der Waals surface area contributed by atoms with Crippen LogP contribution in [0, 0.1) is 0 Å². The van der Waals surface area contributed by atoms with Crippen LogP contribution < -0.4 is 0 Å². The van der Waals surface area contributed by atoms with Crippen LogP contribution in [0.15, 0.2) is 30.5 Å². The topological polar surface area (TPSA) is 22.0 Å². The lowest BCUT2D eigenvalue weighted by Crippen LogP contribution is -2.32.